The zero-order chi connectivity index (χ0) is 33.9. The van der Waals surface area contributed by atoms with Crippen LogP contribution in [0, 0.1) is 11.6 Å². The van der Waals surface area contributed by atoms with Crippen LogP contribution in [0.2, 0.25) is 0 Å². The lowest BCUT2D eigenvalue weighted by Gasteiger charge is -2.22. The van der Waals surface area contributed by atoms with Crippen LogP contribution < -0.4 is 5.32 Å². The van der Waals surface area contributed by atoms with Crippen LogP contribution in [0.25, 0.3) is 22.3 Å². The van der Waals surface area contributed by atoms with E-state index in [0.29, 0.717) is 34.4 Å². The van der Waals surface area contributed by atoms with Crippen molar-refractivity contribution in [2.45, 2.75) is 51.4 Å². The van der Waals surface area contributed by atoms with Crippen molar-refractivity contribution in [3.05, 3.63) is 125 Å². The Morgan fingerprint density at radius 2 is 1.51 bits per heavy atom. The van der Waals surface area contributed by atoms with Crippen molar-refractivity contribution < 1.29 is 35.8 Å². The van der Waals surface area contributed by atoms with Gasteiger partial charge < -0.3 is 9.73 Å². The van der Waals surface area contributed by atoms with E-state index in [1.165, 1.54) is 0 Å². The fraction of sp³-hybridized carbons (Fsp3) is 0.243. The van der Waals surface area contributed by atoms with Crippen molar-refractivity contribution in [3.63, 3.8) is 0 Å². The average Bonchev–Trinajstić information content (AvgIpc) is 3.42. The molecule has 0 saturated heterocycles. The molecule has 5 rings (SSSR count). The van der Waals surface area contributed by atoms with Gasteiger partial charge in [-0.3, -0.25) is 14.1 Å². The zero-order valence-corrected chi connectivity index (χ0v) is 27.0. The molecule has 1 atom stereocenters. The third-order valence-electron chi connectivity index (χ3n) is 8.01. The van der Waals surface area contributed by atoms with Gasteiger partial charge in [0.1, 0.15) is 11.3 Å². The first-order valence-electron chi connectivity index (χ1n) is 15.1. The second kappa shape index (κ2) is 13.6. The molecular formula is C37H35F2NO6S. The van der Waals surface area contributed by atoms with Crippen molar-refractivity contribution in [2.24, 2.45) is 0 Å². The van der Waals surface area contributed by atoms with Gasteiger partial charge in [0, 0.05) is 34.7 Å². The van der Waals surface area contributed by atoms with E-state index in [2.05, 4.69) is 26.1 Å². The van der Waals surface area contributed by atoms with Gasteiger partial charge in [-0.2, -0.15) is 8.42 Å². The van der Waals surface area contributed by atoms with Crippen molar-refractivity contribution in [2.75, 3.05) is 11.1 Å². The molecule has 244 valence electrons. The standard InChI is InChI=1S/C37H35F2NO6S/c1-37(2,3)28-14-10-24(11-15-28)30(19-23-6-8-25(9-7-23)33(41)5-4-18-47(43,44)45)36(42)40-29-16-12-26(13-17-29)34-21-27-20-31(38)32(39)22-35(27)46-34/h6-17,20-22,30H,4-5,18-19H2,1-3H3,(H,40,42)(H,43,44,45). The van der Waals surface area contributed by atoms with Crippen LogP contribution in [0.3, 0.4) is 0 Å². The monoisotopic (exact) mass is 659 g/mol. The summed E-state index contributed by atoms with van der Waals surface area (Å²) in [6.07, 6.45) is 0.351. The lowest BCUT2D eigenvalue weighted by molar-refractivity contribution is -0.117. The minimum absolute atomic E-state index is 0.0173. The molecule has 0 radical (unpaired) electrons. The van der Waals surface area contributed by atoms with Crippen LogP contribution in [0.5, 0.6) is 0 Å². The van der Waals surface area contributed by atoms with E-state index in [-0.39, 0.29) is 35.5 Å². The molecule has 47 heavy (non-hydrogen) atoms. The van der Waals surface area contributed by atoms with Crippen molar-refractivity contribution in [1.82, 2.24) is 0 Å². The molecule has 5 aromatic rings. The number of hydrogen-bond acceptors (Lipinski definition) is 5. The molecule has 1 unspecified atom stereocenters. The molecule has 0 aliphatic rings. The van der Waals surface area contributed by atoms with E-state index in [9.17, 15) is 26.8 Å². The van der Waals surface area contributed by atoms with Gasteiger partial charge in [0.15, 0.2) is 17.4 Å². The molecule has 0 fully saturated rings. The normalized spacial score (nSPS) is 12.6. The Hall–Kier alpha value is -4.67. The second-order valence-corrected chi connectivity index (χ2v) is 14.2. The second-order valence-electron chi connectivity index (χ2n) is 12.6. The minimum Gasteiger partial charge on any atom is -0.456 e. The number of ketones is 1. The number of rotatable bonds is 11. The predicted octanol–water partition coefficient (Wildman–Crippen LogP) is 8.49. The summed E-state index contributed by atoms with van der Waals surface area (Å²) in [6, 6.07) is 25.5. The van der Waals surface area contributed by atoms with E-state index in [1.54, 1.807) is 54.6 Å². The van der Waals surface area contributed by atoms with E-state index in [4.69, 9.17) is 8.97 Å². The summed E-state index contributed by atoms with van der Waals surface area (Å²) in [7, 11) is -4.13. The van der Waals surface area contributed by atoms with Gasteiger partial charge in [-0.25, -0.2) is 8.78 Å². The SMILES string of the molecule is CC(C)(C)c1ccc(C(Cc2ccc(C(=O)CCCS(=O)(=O)O)cc2)C(=O)Nc2ccc(-c3cc4cc(F)c(F)cc4o3)cc2)cc1. The highest BCUT2D eigenvalue weighted by atomic mass is 32.2. The van der Waals surface area contributed by atoms with Crippen LogP contribution in [-0.4, -0.2) is 30.4 Å². The van der Waals surface area contributed by atoms with E-state index in [1.807, 2.05) is 24.3 Å². The topological polar surface area (TPSA) is 114 Å². The fourth-order valence-corrected chi connectivity index (χ4v) is 5.83. The summed E-state index contributed by atoms with van der Waals surface area (Å²) in [5.41, 5.74) is 4.57. The molecule has 4 aromatic carbocycles. The first kappa shape index (κ1) is 33.7. The van der Waals surface area contributed by atoms with Crippen LogP contribution >= 0.6 is 0 Å². The number of Topliss-reactive ketones (excluding diaryl/α,β-unsaturated/α-hetero) is 1. The lowest BCUT2D eigenvalue weighted by Crippen LogP contribution is -2.23. The summed E-state index contributed by atoms with van der Waals surface area (Å²) in [6.45, 7) is 6.34. The van der Waals surface area contributed by atoms with Crippen LogP contribution in [0.4, 0.5) is 14.5 Å². The molecule has 0 spiro atoms. The van der Waals surface area contributed by atoms with Gasteiger partial charge in [0.25, 0.3) is 10.1 Å². The number of fused-ring (bicyclic) bond motifs is 1. The number of halogens is 2. The Bertz CT molecular complexity index is 1970. The third kappa shape index (κ3) is 8.58. The van der Waals surface area contributed by atoms with Gasteiger partial charge in [-0.1, -0.05) is 69.3 Å². The van der Waals surface area contributed by atoms with Gasteiger partial charge in [-0.15, -0.1) is 0 Å². The Labute approximate surface area is 272 Å². The largest absolute Gasteiger partial charge is 0.456 e. The zero-order valence-electron chi connectivity index (χ0n) is 26.2. The maximum Gasteiger partial charge on any atom is 0.264 e. The van der Waals surface area contributed by atoms with Gasteiger partial charge in [0.05, 0.1) is 11.7 Å². The summed E-state index contributed by atoms with van der Waals surface area (Å²) >= 11 is 0. The third-order valence-corrected chi connectivity index (χ3v) is 8.82. The van der Waals surface area contributed by atoms with Crippen LogP contribution in [0.1, 0.15) is 66.6 Å². The van der Waals surface area contributed by atoms with Crippen molar-refractivity contribution in [1.29, 1.82) is 0 Å². The summed E-state index contributed by atoms with van der Waals surface area (Å²) < 4.78 is 63.9. The Morgan fingerprint density at radius 3 is 2.13 bits per heavy atom. The van der Waals surface area contributed by atoms with E-state index in [0.717, 1.165) is 28.8 Å². The lowest BCUT2D eigenvalue weighted by atomic mass is 9.84. The number of benzene rings is 4. The maximum atomic E-state index is 13.8. The number of anilines is 1. The average molecular weight is 660 g/mol. The quantitative estimate of drug-likeness (QED) is 0.109. The molecule has 0 bridgehead atoms. The molecular weight excluding hydrogens is 624 g/mol. The number of carbonyl (C=O) groups is 2. The van der Waals surface area contributed by atoms with Gasteiger partial charge in [0.2, 0.25) is 5.91 Å². The molecule has 0 saturated carbocycles. The number of carbonyl (C=O) groups excluding carboxylic acids is 2. The highest BCUT2D eigenvalue weighted by molar-refractivity contribution is 7.85. The van der Waals surface area contributed by atoms with Crippen molar-refractivity contribution in [3.8, 4) is 11.3 Å². The Morgan fingerprint density at radius 1 is 0.872 bits per heavy atom. The molecule has 2 N–H and O–H groups in total. The summed E-state index contributed by atoms with van der Waals surface area (Å²) in [5, 5.41) is 3.43. The predicted molar refractivity (Wildman–Crippen MR) is 178 cm³/mol. The fourth-order valence-electron chi connectivity index (χ4n) is 5.32. The first-order valence-corrected chi connectivity index (χ1v) is 16.7. The van der Waals surface area contributed by atoms with Crippen LogP contribution in [0.15, 0.2) is 95.4 Å². The number of furan rings is 1. The Balaban J connectivity index is 1.34. The summed E-state index contributed by atoms with van der Waals surface area (Å²) in [5.74, 6) is -3.03. The highest BCUT2D eigenvalue weighted by Gasteiger charge is 2.23. The molecule has 0 aliphatic carbocycles. The summed E-state index contributed by atoms with van der Waals surface area (Å²) in [4.78, 5) is 26.3. The number of nitrogens with one attached hydrogen (secondary N) is 1. The maximum absolute atomic E-state index is 13.8. The number of hydrogen-bond donors (Lipinski definition) is 2. The molecule has 1 amide bonds. The van der Waals surface area contributed by atoms with E-state index >= 15 is 0 Å². The Kier molecular flexibility index (Phi) is 9.74. The van der Waals surface area contributed by atoms with Crippen LogP contribution in [-0.2, 0) is 26.7 Å². The molecule has 1 heterocycles. The molecule has 7 nitrogen and oxygen atoms in total. The molecule has 10 heteroatoms. The van der Waals surface area contributed by atoms with Gasteiger partial charge in [-0.05, 0) is 71.3 Å². The molecule has 1 aromatic heterocycles. The first-order chi connectivity index (χ1) is 22.2. The van der Waals surface area contributed by atoms with Crippen molar-refractivity contribution >= 4 is 38.5 Å². The van der Waals surface area contributed by atoms with E-state index < -0.39 is 33.4 Å². The smallest absolute Gasteiger partial charge is 0.264 e. The minimum atomic E-state index is -4.13. The highest BCUT2D eigenvalue weighted by Crippen LogP contribution is 2.31. The number of amides is 1. The van der Waals surface area contributed by atoms with Gasteiger partial charge >= 0.3 is 0 Å². The molecule has 0 aliphatic heterocycles.